The van der Waals surface area contributed by atoms with E-state index in [2.05, 4.69) is 15.9 Å². The second-order valence-corrected chi connectivity index (χ2v) is 5.63. The van der Waals surface area contributed by atoms with Gasteiger partial charge in [-0.3, -0.25) is 0 Å². The zero-order chi connectivity index (χ0) is 15.2. The third kappa shape index (κ3) is 3.86. The fourth-order valence-electron chi connectivity index (χ4n) is 2.33. The number of fused-ring (bicyclic) bond motifs is 1. The maximum atomic E-state index is 12.2. The number of benzene rings is 1. The van der Waals surface area contributed by atoms with Crippen LogP contribution in [-0.4, -0.2) is 30.4 Å². The Labute approximate surface area is 133 Å². The summed E-state index contributed by atoms with van der Waals surface area (Å²) in [5.74, 6) is -0.211. The van der Waals surface area contributed by atoms with Gasteiger partial charge in [0.2, 0.25) is 0 Å². The van der Waals surface area contributed by atoms with Crippen LogP contribution in [0, 0.1) is 0 Å². The molecule has 1 atom stereocenters. The van der Waals surface area contributed by atoms with Crippen molar-refractivity contribution >= 4 is 32.8 Å². The van der Waals surface area contributed by atoms with Gasteiger partial charge in [-0.15, -0.1) is 0 Å². The predicted octanol–water partition coefficient (Wildman–Crippen LogP) is 3.93. The van der Waals surface area contributed by atoms with E-state index in [-0.39, 0.29) is 12.0 Å². The van der Waals surface area contributed by atoms with E-state index in [0.717, 1.165) is 15.4 Å². The van der Waals surface area contributed by atoms with Crippen LogP contribution in [0.4, 0.5) is 0 Å². The summed E-state index contributed by atoms with van der Waals surface area (Å²) in [6.45, 7) is 5.28. The van der Waals surface area contributed by atoms with Gasteiger partial charge in [0.25, 0.3) is 0 Å². The smallest absolute Gasteiger partial charge is 0.329 e. The van der Waals surface area contributed by atoms with Crippen molar-refractivity contribution in [2.45, 2.75) is 26.3 Å². The first-order chi connectivity index (χ1) is 10.2. The molecule has 0 amide bonds. The molecule has 0 aliphatic carbocycles. The summed E-state index contributed by atoms with van der Waals surface area (Å²) in [6, 6.07) is 7.74. The molecule has 114 valence electrons. The molecule has 1 unspecified atom stereocenters. The zero-order valence-corrected chi connectivity index (χ0v) is 13.9. The van der Waals surface area contributed by atoms with Crippen LogP contribution in [0.1, 0.15) is 26.3 Å². The van der Waals surface area contributed by atoms with Gasteiger partial charge in [-0.05, 0) is 37.6 Å². The van der Waals surface area contributed by atoms with E-state index in [1.807, 2.05) is 48.9 Å². The average Bonchev–Trinajstić information content (AvgIpc) is 2.87. The largest absolute Gasteiger partial charge is 0.462 e. The normalized spacial score (nSPS) is 12.5. The van der Waals surface area contributed by atoms with Gasteiger partial charge in [0, 0.05) is 28.2 Å². The molecule has 2 rings (SSSR count). The monoisotopic (exact) mass is 353 g/mol. The quantitative estimate of drug-likeness (QED) is 0.559. The molecule has 21 heavy (non-hydrogen) atoms. The van der Waals surface area contributed by atoms with Crippen LogP contribution in [0.25, 0.3) is 10.9 Å². The standard InChI is InChI=1S/C16H20BrNO3/c1-3-14(16(19)21-10-9-20-4-2)18-8-7-12-11-13(17)5-6-15(12)18/h5-8,11,14H,3-4,9-10H2,1-2H3. The third-order valence-corrected chi connectivity index (χ3v) is 3.85. The number of carbonyl (C=O) groups excluding carboxylic acids is 1. The minimum atomic E-state index is -0.301. The third-order valence-electron chi connectivity index (χ3n) is 3.35. The number of ether oxygens (including phenoxy) is 2. The molecule has 0 saturated carbocycles. The van der Waals surface area contributed by atoms with Gasteiger partial charge in [-0.2, -0.15) is 0 Å². The predicted molar refractivity (Wildman–Crippen MR) is 86.4 cm³/mol. The van der Waals surface area contributed by atoms with Crippen LogP contribution in [0.15, 0.2) is 34.9 Å². The molecule has 0 radical (unpaired) electrons. The Hall–Kier alpha value is -1.33. The van der Waals surface area contributed by atoms with Crippen molar-refractivity contribution in [3.8, 4) is 0 Å². The van der Waals surface area contributed by atoms with Gasteiger partial charge in [0.05, 0.1) is 6.61 Å². The van der Waals surface area contributed by atoms with Crippen LogP contribution in [0.5, 0.6) is 0 Å². The van der Waals surface area contributed by atoms with Gasteiger partial charge in [0.15, 0.2) is 0 Å². The van der Waals surface area contributed by atoms with Crippen molar-refractivity contribution in [1.82, 2.24) is 4.57 Å². The number of halogens is 1. The summed E-state index contributed by atoms with van der Waals surface area (Å²) in [5.41, 5.74) is 1.03. The molecule has 4 nitrogen and oxygen atoms in total. The van der Waals surface area contributed by atoms with Crippen molar-refractivity contribution in [2.24, 2.45) is 0 Å². The molecule has 0 aliphatic rings. The molecule has 5 heteroatoms. The first-order valence-electron chi connectivity index (χ1n) is 7.17. The molecule has 0 bridgehead atoms. The number of hydrogen-bond donors (Lipinski definition) is 0. The molecule has 2 aromatic rings. The SMILES string of the molecule is CCOCCOC(=O)C(CC)n1ccc2cc(Br)ccc21. The highest BCUT2D eigenvalue weighted by molar-refractivity contribution is 9.10. The second-order valence-electron chi connectivity index (χ2n) is 4.71. The Morgan fingerprint density at radius 3 is 2.81 bits per heavy atom. The molecule has 0 N–H and O–H groups in total. The first kappa shape index (κ1) is 16.0. The van der Waals surface area contributed by atoms with E-state index in [1.165, 1.54) is 0 Å². The topological polar surface area (TPSA) is 40.5 Å². The zero-order valence-electron chi connectivity index (χ0n) is 12.3. The summed E-state index contributed by atoms with van der Waals surface area (Å²) in [7, 11) is 0. The molecular formula is C16H20BrNO3. The van der Waals surface area contributed by atoms with E-state index < -0.39 is 0 Å². The second kappa shape index (κ2) is 7.61. The summed E-state index contributed by atoms with van der Waals surface area (Å²) < 4.78 is 13.5. The Morgan fingerprint density at radius 2 is 2.10 bits per heavy atom. The van der Waals surface area contributed by atoms with Crippen LogP contribution in [0.2, 0.25) is 0 Å². The van der Waals surface area contributed by atoms with Crippen LogP contribution >= 0.6 is 15.9 Å². The van der Waals surface area contributed by atoms with Crippen LogP contribution < -0.4 is 0 Å². The highest BCUT2D eigenvalue weighted by Crippen LogP contribution is 2.25. The molecule has 0 saturated heterocycles. The van der Waals surface area contributed by atoms with Gasteiger partial charge >= 0.3 is 5.97 Å². The molecule has 0 fully saturated rings. The molecular weight excluding hydrogens is 334 g/mol. The van der Waals surface area contributed by atoms with Crippen molar-refractivity contribution in [3.05, 3.63) is 34.9 Å². The number of aromatic nitrogens is 1. The average molecular weight is 354 g/mol. The number of esters is 1. The lowest BCUT2D eigenvalue weighted by atomic mass is 10.2. The van der Waals surface area contributed by atoms with E-state index in [1.54, 1.807) is 0 Å². The van der Waals surface area contributed by atoms with Crippen molar-refractivity contribution in [3.63, 3.8) is 0 Å². The Bertz CT molecular complexity index is 609. The van der Waals surface area contributed by atoms with Crippen molar-refractivity contribution < 1.29 is 14.3 Å². The van der Waals surface area contributed by atoms with Crippen LogP contribution in [-0.2, 0) is 14.3 Å². The Kier molecular flexibility index (Phi) is 5.82. The lowest BCUT2D eigenvalue weighted by Crippen LogP contribution is -2.22. The lowest BCUT2D eigenvalue weighted by molar-refractivity contribution is -0.149. The van der Waals surface area contributed by atoms with E-state index in [4.69, 9.17) is 9.47 Å². The van der Waals surface area contributed by atoms with E-state index in [0.29, 0.717) is 26.2 Å². The minimum Gasteiger partial charge on any atom is -0.462 e. The summed E-state index contributed by atoms with van der Waals surface area (Å²) >= 11 is 3.46. The summed E-state index contributed by atoms with van der Waals surface area (Å²) in [4.78, 5) is 12.2. The number of rotatable bonds is 7. The molecule has 1 aromatic carbocycles. The number of nitrogens with zero attached hydrogens (tertiary/aromatic N) is 1. The Balaban J connectivity index is 2.13. The van der Waals surface area contributed by atoms with E-state index in [9.17, 15) is 4.79 Å². The molecule has 0 aliphatic heterocycles. The fraction of sp³-hybridized carbons (Fsp3) is 0.438. The fourth-order valence-corrected chi connectivity index (χ4v) is 2.70. The molecule has 1 heterocycles. The van der Waals surface area contributed by atoms with Crippen molar-refractivity contribution in [2.75, 3.05) is 19.8 Å². The van der Waals surface area contributed by atoms with Crippen molar-refractivity contribution in [1.29, 1.82) is 0 Å². The molecule has 1 aromatic heterocycles. The number of hydrogen-bond acceptors (Lipinski definition) is 3. The summed E-state index contributed by atoms with van der Waals surface area (Å²) in [6.07, 6.45) is 2.63. The lowest BCUT2D eigenvalue weighted by Gasteiger charge is -2.17. The highest BCUT2D eigenvalue weighted by atomic mass is 79.9. The number of carbonyl (C=O) groups is 1. The summed E-state index contributed by atoms with van der Waals surface area (Å²) in [5, 5.41) is 1.10. The van der Waals surface area contributed by atoms with Gasteiger partial charge in [-0.1, -0.05) is 22.9 Å². The maximum Gasteiger partial charge on any atom is 0.329 e. The van der Waals surface area contributed by atoms with Gasteiger partial charge in [0.1, 0.15) is 12.6 Å². The molecule has 0 spiro atoms. The van der Waals surface area contributed by atoms with E-state index >= 15 is 0 Å². The van der Waals surface area contributed by atoms with Crippen LogP contribution in [0.3, 0.4) is 0 Å². The first-order valence-corrected chi connectivity index (χ1v) is 7.97. The Morgan fingerprint density at radius 1 is 1.29 bits per heavy atom. The van der Waals surface area contributed by atoms with Gasteiger partial charge < -0.3 is 14.0 Å². The highest BCUT2D eigenvalue weighted by Gasteiger charge is 2.21. The minimum absolute atomic E-state index is 0.211. The maximum absolute atomic E-state index is 12.2. The van der Waals surface area contributed by atoms with Gasteiger partial charge in [-0.25, -0.2) is 4.79 Å².